The third-order valence-electron chi connectivity index (χ3n) is 3.58. The van der Waals surface area contributed by atoms with E-state index in [0.29, 0.717) is 11.5 Å². The van der Waals surface area contributed by atoms with Gasteiger partial charge in [0.25, 0.3) is 15.7 Å². The largest absolute Gasteiger partial charge is 0.493 e. The lowest BCUT2D eigenvalue weighted by atomic mass is 10.2. The lowest BCUT2D eigenvalue weighted by Gasteiger charge is -2.24. The van der Waals surface area contributed by atoms with Crippen LogP contribution in [0, 0.1) is 10.1 Å². The highest BCUT2D eigenvalue weighted by molar-refractivity contribution is 7.93. The van der Waals surface area contributed by atoms with E-state index in [2.05, 4.69) is 6.58 Å². The van der Waals surface area contributed by atoms with E-state index >= 15 is 0 Å². The van der Waals surface area contributed by atoms with Crippen LogP contribution in [-0.2, 0) is 10.0 Å². The average molecular weight is 378 g/mol. The van der Waals surface area contributed by atoms with E-state index in [1.165, 1.54) is 50.6 Å². The molecule has 0 amide bonds. The van der Waals surface area contributed by atoms with Gasteiger partial charge in [-0.2, -0.15) is 0 Å². The molecule has 0 bridgehead atoms. The number of para-hydroxylation sites is 1. The van der Waals surface area contributed by atoms with E-state index in [1.54, 1.807) is 6.07 Å². The van der Waals surface area contributed by atoms with Crippen LogP contribution in [0.2, 0.25) is 0 Å². The van der Waals surface area contributed by atoms with E-state index in [1.807, 2.05) is 0 Å². The molecule has 0 saturated carbocycles. The number of benzene rings is 2. The Labute approximate surface area is 151 Å². The molecule has 0 aromatic heterocycles. The van der Waals surface area contributed by atoms with Crippen LogP contribution in [0.5, 0.6) is 11.5 Å². The monoisotopic (exact) mass is 378 g/mol. The Balaban J connectivity index is 2.63. The predicted molar refractivity (Wildman–Crippen MR) is 97.4 cm³/mol. The first-order valence-corrected chi connectivity index (χ1v) is 8.90. The average Bonchev–Trinajstić information content (AvgIpc) is 2.65. The number of hydrogen-bond donors (Lipinski definition) is 0. The Morgan fingerprint density at radius 1 is 1.15 bits per heavy atom. The molecule has 9 heteroatoms. The Morgan fingerprint density at radius 3 is 2.38 bits per heavy atom. The standard InChI is InChI=1S/C17H18N2O6S/c1-4-11-18(13-9-10-15(24-2)16(12-13)25-3)26(22,23)17-8-6-5-7-14(17)19(20)21/h4-10,12H,1,11H2,2-3H3. The van der Waals surface area contributed by atoms with Crippen LogP contribution in [0.1, 0.15) is 0 Å². The minimum absolute atomic E-state index is 0.0795. The van der Waals surface area contributed by atoms with Crippen molar-refractivity contribution in [1.29, 1.82) is 0 Å². The number of ether oxygens (including phenoxy) is 2. The van der Waals surface area contributed by atoms with Gasteiger partial charge in [-0.15, -0.1) is 6.58 Å². The van der Waals surface area contributed by atoms with Crippen LogP contribution < -0.4 is 13.8 Å². The molecule has 0 radical (unpaired) electrons. The van der Waals surface area contributed by atoms with Gasteiger partial charge in [0.15, 0.2) is 16.4 Å². The number of methoxy groups -OCH3 is 2. The molecule has 26 heavy (non-hydrogen) atoms. The van der Waals surface area contributed by atoms with E-state index in [0.717, 1.165) is 10.4 Å². The third-order valence-corrected chi connectivity index (χ3v) is 5.42. The molecule has 0 aliphatic carbocycles. The minimum atomic E-state index is -4.21. The molecule has 0 heterocycles. The molecule has 0 atom stereocenters. The van der Waals surface area contributed by atoms with Gasteiger partial charge in [-0.05, 0) is 18.2 Å². The van der Waals surface area contributed by atoms with Gasteiger partial charge in [0, 0.05) is 12.1 Å². The van der Waals surface area contributed by atoms with Crippen molar-refractivity contribution in [2.75, 3.05) is 25.1 Å². The zero-order chi connectivity index (χ0) is 19.3. The lowest BCUT2D eigenvalue weighted by Crippen LogP contribution is -2.31. The Morgan fingerprint density at radius 2 is 1.81 bits per heavy atom. The van der Waals surface area contributed by atoms with Crippen LogP contribution in [0.15, 0.2) is 60.0 Å². The van der Waals surface area contributed by atoms with Gasteiger partial charge in [0.1, 0.15) is 0 Å². The van der Waals surface area contributed by atoms with Gasteiger partial charge in [-0.25, -0.2) is 8.42 Å². The number of nitrogens with zero attached hydrogens (tertiary/aromatic N) is 2. The zero-order valence-electron chi connectivity index (χ0n) is 14.3. The second-order valence-electron chi connectivity index (χ2n) is 5.09. The Bertz CT molecular complexity index is 927. The van der Waals surface area contributed by atoms with Crippen molar-refractivity contribution in [2.45, 2.75) is 4.90 Å². The highest BCUT2D eigenvalue weighted by atomic mass is 32.2. The number of hydrogen-bond acceptors (Lipinski definition) is 6. The topological polar surface area (TPSA) is 99.0 Å². The molecule has 0 fully saturated rings. The molecule has 0 aliphatic heterocycles. The maximum absolute atomic E-state index is 13.1. The molecule has 0 spiro atoms. The summed E-state index contributed by atoms with van der Waals surface area (Å²) in [6, 6.07) is 9.74. The molecular formula is C17H18N2O6S. The first kappa shape index (κ1) is 19.3. The molecule has 0 N–H and O–H groups in total. The molecule has 138 valence electrons. The number of nitro benzene ring substituents is 1. The summed E-state index contributed by atoms with van der Waals surface area (Å²) in [5, 5.41) is 11.2. The summed E-state index contributed by atoms with van der Waals surface area (Å²) in [4.78, 5) is 10.1. The second kappa shape index (κ2) is 7.87. The lowest BCUT2D eigenvalue weighted by molar-refractivity contribution is -0.387. The van der Waals surface area contributed by atoms with Crippen LogP contribution in [0.3, 0.4) is 0 Å². The second-order valence-corrected chi connectivity index (χ2v) is 6.92. The van der Waals surface area contributed by atoms with Crippen molar-refractivity contribution < 1.29 is 22.8 Å². The quantitative estimate of drug-likeness (QED) is 0.398. The normalized spacial score (nSPS) is 10.8. The van der Waals surface area contributed by atoms with Gasteiger partial charge in [-0.1, -0.05) is 18.2 Å². The summed E-state index contributed by atoms with van der Waals surface area (Å²) in [6.07, 6.45) is 1.39. The molecular weight excluding hydrogens is 360 g/mol. The fourth-order valence-corrected chi connectivity index (χ4v) is 3.97. The van der Waals surface area contributed by atoms with Crippen LogP contribution in [0.25, 0.3) is 0 Å². The van der Waals surface area contributed by atoms with Crippen molar-refractivity contribution >= 4 is 21.4 Å². The molecule has 2 aromatic rings. The summed E-state index contributed by atoms with van der Waals surface area (Å²) in [7, 11) is -1.32. The first-order chi connectivity index (χ1) is 12.4. The summed E-state index contributed by atoms with van der Waals surface area (Å²) in [5.41, 5.74) is -0.234. The summed E-state index contributed by atoms with van der Waals surface area (Å²) in [6.45, 7) is 3.49. The van der Waals surface area contributed by atoms with Gasteiger partial charge in [-0.3, -0.25) is 14.4 Å². The van der Waals surface area contributed by atoms with Crippen LogP contribution in [0.4, 0.5) is 11.4 Å². The first-order valence-electron chi connectivity index (χ1n) is 7.46. The van der Waals surface area contributed by atoms with Crippen LogP contribution in [-0.4, -0.2) is 34.1 Å². The Hall–Kier alpha value is -3.07. The molecule has 0 unspecified atom stereocenters. The van der Waals surface area contributed by atoms with E-state index in [9.17, 15) is 18.5 Å². The van der Waals surface area contributed by atoms with Crippen molar-refractivity contribution in [2.24, 2.45) is 0 Å². The minimum Gasteiger partial charge on any atom is -0.493 e. The number of sulfonamides is 1. The van der Waals surface area contributed by atoms with E-state index < -0.39 is 25.5 Å². The maximum Gasteiger partial charge on any atom is 0.289 e. The smallest absolute Gasteiger partial charge is 0.289 e. The predicted octanol–water partition coefficient (Wildman–Crippen LogP) is 2.99. The molecule has 2 aromatic carbocycles. The van der Waals surface area contributed by atoms with Gasteiger partial charge in [0.05, 0.1) is 31.4 Å². The van der Waals surface area contributed by atoms with Crippen molar-refractivity contribution in [1.82, 2.24) is 0 Å². The summed E-state index contributed by atoms with van der Waals surface area (Å²) >= 11 is 0. The summed E-state index contributed by atoms with van der Waals surface area (Å²) in [5.74, 6) is 0.759. The molecule has 0 saturated heterocycles. The number of nitro groups is 1. The van der Waals surface area contributed by atoms with Crippen molar-refractivity contribution in [3.8, 4) is 11.5 Å². The van der Waals surface area contributed by atoms with Gasteiger partial charge in [0.2, 0.25) is 0 Å². The zero-order valence-corrected chi connectivity index (χ0v) is 15.1. The molecule has 2 rings (SSSR count). The Kier molecular flexibility index (Phi) is 5.83. The summed E-state index contributed by atoms with van der Waals surface area (Å²) < 4.78 is 37.6. The van der Waals surface area contributed by atoms with Crippen molar-refractivity contribution in [3.05, 3.63) is 65.2 Å². The van der Waals surface area contributed by atoms with Gasteiger partial charge >= 0.3 is 0 Å². The van der Waals surface area contributed by atoms with Crippen molar-refractivity contribution in [3.63, 3.8) is 0 Å². The van der Waals surface area contributed by atoms with Crippen LogP contribution >= 0.6 is 0 Å². The van der Waals surface area contributed by atoms with E-state index in [-0.39, 0.29) is 12.2 Å². The molecule has 8 nitrogen and oxygen atoms in total. The highest BCUT2D eigenvalue weighted by Crippen LogP contribution is 2.35. The number of rotatable bonds is 8. The van der Waals surface area contributed by atoms with Gasteiger partial charge < -0.3 is 9.47 Å². The maximum atomic E-state index is 13.1. The SMILES string of the molecule is C=CCN(c1ccc(OC)c(OC)c1)S(=O)(=O)c1ccccc1[N+](=O)[O-]. The fourth-order valence-electron chi connectivity index (χ4n) is 2.38. The third kappa shape index (κ3) is 3.62. The number of anilines is 1. The van der Waals surface area contributed by atoms with E-state index in [4.69, 9.17) is 9.47 Å². The highest BCUT2D eigenvalue weighted by Gasteiger charge is 2.31. The molecule has 0 aliphatic rings. The fraction of sp³-hybridized carbons (Fsp3) is 0.176.